The highest BCUT2D eigenvalue weighted by Crippen LogP contribution is 2.18. The summed E-state index contributed by atoms with van der Waals surface area (Å²) in [5.74, 6) is -0.763. The molecule has 0 bridgehead atoms. The summed E-state index contributed by atoms with van der Waals surface area (Å²) in [5, 5.41) is 5.19. The number of carbonyl (C=O) groups excluding carboxylic acids is 1. The van der Waals surface area contributed by atoms with Gasteiger partial charge in [-0.25, -0.2) is 12.8 Å². The number of sulfone groups is 1. The van der Waals surface area contributed by atoms with Crippen molar-refractivity contribution in [3.63, 3.8) is 0 Å². The van der Waals surface area contributed by atoms with E-state index in [1.54, 1.807) is 0 Å². The minimum atomic E-state index is -3.63. The minimum absolute atomic E-state index is 0. The van der Waals surface area contributed by atoms with E-state index in [0.717, 1.165) is 31.5 Å². The molecule has 0 aromatic heterocycles. The third kappa shape index (κ3) is 5.44. The minimum Gasteiger partial charge on any atom is -0.352 e. The van der Waals surface area contributed by atoms with Gasteiger partial charge in [0.1, 0.15) is 5.82 Å². The van der Waals surface area contributed by atoms with Gasteiger partial charge in [-0.05, 0) is 50.6 Å². The van der Waals surface area contributed by atoms with Gasteiger partial charge in [-0.15, -0.1) is 12.4 Å². The van der Waals surface area contributed by atoms with Gasteiger partial charge in [0.2, 0.25) is 5.91 Å². The summed E-state index contributed by atoms with van der Waals surface area (Å²) >= 11 is 0. The quantitative estimate of drug-likeness (QED) is 0.779. The van der Waals surface area contributed by atoms with Crippen molar-refractivity contribution in [2.24, 2.45) is 0 Å². The number of rotatable bonds is 5. The van der Waals surface area contributed by atoms with Crippen molar-refractivity contribution in [2.75, 3.05) is 13.1 Å². The molecule has 0 saturated carbocycles. The lowest BCUT2D eigenvalue weighted by atomic mass is 10.1. The molecular weight excluding hydrogens is 343 g/mol. The lowest BCUT2D eigenvalue weighted by Gasteiger charge is -2.24. The van der Waals surface area contributed by atoms with Gasteiger partial charge in [-0.2, -0.15) is 0 Å². The molecule has 0 radical (unpaired) electrons. The van der Waals surface area contributed by atoms with E-state index >= 15 is 0 Å². The number of hydrogen-bond donors (Lipinski definition) is 2. The van der Waals surface area contributed by atoms with Crippen molar-refractivity contribution in [3.8, 4) is 0 Å². The third-order valence-corrected chi connectivity index (χ3v) is 5.96. The van der Waals surface area contributed by atoms with E-state index in [9.17, 15) is 17.6 Å². The van der Waals surface area contributed by atoms with Crippen LogP contribution in [0, 0.1) is 5.82 Å². The second kappa shape index (κ2) is 8.61. The Balaban J connectivity index is 0.00000264. The Kier molecular flexibility index (Phi) is 7.44. The molecule has 1 aromatic carbocycles. The highest BCUT2D eigenvalue weighted by atomic mass is 35.5. The van der Waals surface area contributed by atoms with E-state index in [1.807, 2.05) is 0 Å². The molecule has 1 fully saturated rings. The molecule has 2 unspecified atom stereocenters. The molecule has 8 heteroatoms. The van der Waals surface area contributed by atoms with Crippen LogP contribution in [0.5, 0.6) is 0 Å². The number of nitrogens with one attached hydrogen (secondary N) is 2. The van der Waals surface area contributed by atoms with Crippen LogP contribution in [0.25, 0.3) is 0 Å². The van der Waals surface area contributed by atoms with Gasteiger partial charge < -0.3 is 10.6 Å². The molecule has 2 rings (SSSR count). The fourth-order valence-corrected chi connectivity index (χ4v) is 3.84. The molecule has 1 aromatic rings. The van der Waals surface area contributed by atoms with Crippen LogP contribution in [-0.2, 0) is 14.6 Å². The van der Waals surface area contributed by atoms with Gasteiger partial charge in [0.15, 0.2) is 9.84 Å². The van der Waals surface area contributed by atoms with Gasteiger partial charge in [-0.1, -0.05) is 0 Å². The number of piperidine rings is 1. The molecule has 2 N–H and O–H groups in total. The lowest BCUT2D eigenvalue weighted by Crippen LogP contribution is -2.46. The molecule has 1 aliphatic rings. The number of halogens is 2. The molecule has 0 spiro atoms. The molecule has 130 valence electrons. The number of amides is 1. The Morgan fingerprint density at radius 2 is 2.04 bits per heavy atom. The fraction of sp³-hybridized carbons (Fsp3) is 0.533. The van der Waals surface area contributed by atoms with Crippen molar-refractivity contribution in [3.05, 3.63) is 30.1 Å². The van der Waals surface area contributed by atoms with Gasteiger partial charge in [0.25, 0.3) is 0 Å². The summed E-state index contributed by atoms with van der Waals surface area (Å²) in [5.41, 5.74) is 0. The van der Waals surface area contributed by atoms with E-state index in [-0.39, 0.29) is 35.7 Å². The second-order valence-corrected chi connectivity index (χ2v) is 7.99. The maximum absolute atomic E-state index is 12.9. The Morgan fingerprint density at radius 3 is 2.61 bits per heavy atom. The average molecular weight is 365 g/mol. The first-order valence-corrected chi connectivity index (χ1v) is 8.94. The third-order valence-electron chi connectivity index (χ3n) is 3.81. The largest absolute Gasteiger partial charge is 0.352 e. The molecule has 0 aliphatic carbocycles. The highest BCUT2D eigenvalue weighted by Gasteiger charge is 2.26. The highest BCUT2D eigenvalue weighted by molar-refractivity contribution is 7.92. The van der Waals surface area contributed by atoms with Crippen molar-refractivity contribution in [1.29, 1.82) is 0 Å². The fourth-order valence-electron chi connectivity index (χ4n) is 2.49. The van der Waals surface area contributed by atoms with Crippen LogP contribution in [0.4, 0.5) is 4.39 Å². The first-order valence-electron chi connectivity index (χ1n) is 7.39. The van der Waals surface area contributed by atoms with Gasteiger partial charge in [-0.3, -0.25) is 4.79 Å². The average Bonchev–Trinajstić information content (AvgIpc) is 2.48. The zero-order valence-corrected chi connectivity index (χ0v) is 14.6. The van der Waals surface area contributed by atoms with Gasteiger partial charge in [0, 0.05) is 19.0 Å². The summed E-state index contributed by atoms with van der Waals surface area (Å²) in [7, 11) is -3.63. The molecule has 23 heavy (non-hydrogen) atoms. The SMILES string of the molecule is CC(CC(=O)NC1CCCNC1)S(=O)(=O)c1ccc(F)cc1.Cl. The monoisotopic (exact) mass is 364 g/mol. The first kappa shape index (κ1) is 19.9. The topological polar surface area (TPSA) is 75.3 Å². The second-order valence-electron chi connectivity index (χ2n) is 5.62. The lowest BCUT2D eigenvalue weighted by molar-refractivity contribution is -0.121. The van der Waals surface area contributed by atoms with Crippen molar-refractivity contribution < 1.29 is 17.6 Å². The zero-order chi connectivity index (χ0) is 16.2. The van der Waals surface area contributed by atoms with Gasteiger partial charge >= 0.3 is 0 Å². The number of benzene rings is 1. The van der Waals surface area contributed by atoms with E-state index in [4.69, 9.17) is 0 Å². The summed E-state index contributed by atoms with van der Waals surface area (Å²) in [4.78, 5) is 12.0. The molecule has 2 atom stereocenters. The standard InChI is InChI=1S/C15H21FN2O3S.ClH/c1-11(9-15(19)18-13-3-2-8-17-10-13)22(20,21)14-6-4-12(16)5-7-14;/h4-7,11,13,17H,2-3,8-10H2,1H3,(H,18,19);1H. The normalized spacial score (nSPS) is 19.5. The van der Waals surface area contributed by atoms with Crippen LogP contribution in [0.3, 0.4) is 0 Å². The molecule has 1 heterocycles. The smallest absolute Gasteiger partial charge is 0.221 e. The van der Waals surface area contributed by atoms with Crippen molar-refractivity contribution in [2.45, 2.75) is 42.4 Å². The summed E-state index contributed by atoms with van der Waals surface area (Å²) in [6.07, 6.45) is 1.79. The number of carbonyl (C=O) groups is 1. The molecular formula is C15H22ClFN2O3S. The molecule has 1 aliphatic heterocycles. The van der Waals surface area contributed by atoms with Crippen molar-refractivity contribution in [1.82, 2.24) is 10.6 Å². The Labute approximate surface area is 142 Å². The van der Waals surface area contributed by atoms with E-state index in [0.29, 0.717) is 6.54 Å². The Hall–Kier alpha value is -1.18. The van der Waals surface area contributed by atoms with E-state index < -0.39 is 20.9 Å². The Bertz CT molecular complexity index is 616. The maximum atomic E-state index is 12.9. The molecule has 1 saturated heterocycles. The van der Waals surface area contributed by atoms with Crippen molar-refractivity contribution >= 4 is 28.2 Å². The number of hydrogen-bond acceptors (Lipinski definition) is 4. The summed E-state index contributed by atoms with van der Waals surface area (Å²) < 4.78 is 37.6. The predicted octanol–water partition coefficient (Wildman–Crippen LogP) is 1.67. The predicted molar refractivity (Wildman–Crippen MR) is 88.9 cm³/mol. The van der Waals surface area contributed by atoms with Crippen LogP contribution in [0.2, 0.25) is 0 Å². The van der Waals surface area contributed by atoms with Crippen LogP contribution in [0.1, 0.15) is 26.2 Å². The van der Waals surface area contributed by atoms with E-state index in [1.165, 1.54) is 19.1 Å². The maximum Gasteiger partial charge on any atom is 0.221 e. The summed E-state index contributed by atoms with van der Waals surface area (Å²) in [6.45, 7) is 3.16. The Morgan fingerprint density at radius 1 is 1.39 bits per heavy atom. The van der Waals surface area contributed by atoms with Crippen LogP contribution >= 0.6 is 12.4 Å². The summed E-state index contributed by atoms with van der Waals surface area (Å²) in [6, 6.07) is 4.72. The van der Waals surface area contributed by atoms with E-state index in [2.05, 4.69) is 10.6 Å². The van der Waals surface area contributed by atoms with Crippen LogP contribution in [0.15, 0.2) is 29.2 Å². The van der Waals surface area contributed by atoms with Gasteiger partial charge in [0.05, 0.1) is 10.1 Å². The van der Waals surface area contributed by atoms with Crippen LogP contribution in [-0.4, -0.2) is 38.7 Å². The molecule has 1 amide bonds. The zero-order valence-electron chi connectivity index (χ0n) is 12.9. The first-order chi connectivity index (χ1) is 10.4. The van der Waals surface area contributed by atoms with Crippen LogP contribution < -0.4 is 10.6 Å². The molecule has 5 nitrogen and oxygen atoms in total.